The zero-order valence-corrected chi connectivity index (χ0v) is 23.5. The van der Waals surface area contributed by atoms with Crippen molar-refractivity contribution in [1.29, 1.82) is 0 Å². The predicted molar refractivity (Wildman–Crippen MR) is 148 cm³/mol. The molecule has 4 rings (SSSR count). The summed E-state index contributed by atoms with van der Waals surface area (Å²) >= 11 is 1.28. The molecule has 7 nitrogen and oxygen atoms in total. The monoisotopic (exact) mass is 532 g/mol. The van der Waals surface area contributed by atoms with E-state index in [4.69, 9.17) is 9.47 Å². The lowest BCUT2D eigenvalue weighted by Gasteiger charge is -2.25. The van der Waals surface area contributed by atoms with Crippen molar-refractivity contribution in [2.75, 3.05) is 7.11 Å². The highest BCUT2D eigenvalue weighted by Gasteiger charge is 2.34. The van der Waals surface area contributed by atoms with Gasteiger partial charge in [0.25, 0.3) is 5.56 Å². The van der Waals surface area contributed by atoms with Gasteiger partial charge in [-0.3, -0.25) is 9.36 Å². The molecule has 2 heterocycles. The van der Waals surface area contributed by atoms with Crippen LogP contribution in [0.25, 0.3) is 6.08 Å². The van der Waals surface area contributed by atoms with E-state index in [1.54, 1.807) is 45.0 Å². The van der Waals surface area contributed by atoms with Crippen LogP contribution in [0.3, 0.4) is 0 Å². The number of thiazole rings is 1. The van der Waals surface area contributed by atoms with Crippen molar-refractivity contribution >= 4 is 29.4 Å². The van der Waals surface area contributed by atoms with Gasteiger partial charge in [0.05, 0.1) is 40.6 Å². The molecule has 1 atom stereocenters. The fraction of sp³-hybridized carbons (Fsp3) is 0.333. The van der Waals surface area contributed by atoms with Gasteiger partial charge in [0.15, 0.2) is 4.80 Å². The van der Waals surface area contributed by atoms with Crippen LogP contribution in [0.5, 0.6) is 0 Å². The highest BCUT2D eigenvalue weighted by molar-refractivity contribution is 7.07. The van der Waals surface area contributed by atoms with Crippen molar-refractivity contribution in [3.05, 3.63) is 102 Å². The summed E-state index contributed by atoms with van der Waals surface area (Å²) in [5.41, 5.74) is 3.68. The number of ether oxygens (including phenoxy) is 2. The highest BCUT2D eigenvalue weighted by Crippen LogP contribution is 2.31. The van der Waals surface area contributed by atoms with Crippen LogP contribution in [0.1, 0.15) is 74.6 Å². The number of fused-ring (bicyclic) bond motifs is 1. The van der Waals surface area contributed by atoms with Gasteiger partial charge >= 0.3 is 11.9 Å². The molecule has 198 valence electrons. The molecule has 1 aliphatic heterocycles. The molecule has 1 unspecified atom stereocenters. The fourth-order valence-corrected chi connectivity index (χ4v) is 5.37. The topological polar surface area (TPSA) is 87.0 Å². The maximum Gasteiger partial charge on any atom is 0.338 e. The number of hydrogen-bond acceptors (Lipinski definition) is 7. The maximum absolute atomic E-state index is 13.8. The lowest BCUT2D eigenvalue weighted by atomic mass is 9.87. The molecule has 8 heteroatoms. The van der Waals surface area contributed by atoms with E-state index in [2.05, 4.69) is 37.9 Å². The van der Waals surface area contributed by atoms with Crippen LogP contribution in [0, 0.1) is 0 Å². The zero-order chi connectivity index (χ0) is 27.8. The smallest absolute Gasteiger partial charge is 0.338 e. The quantitative estimate of drug-likeness (QED) is 0.458. The van der Waals surface area contributed by atoms with E-state index in [0.717, 1.165) is 5.56 Å². The molecule has 1 aliphatic rings. The van der Waals surface area contributed by atoms with Crippen LogP contribution in [-0.4, -0.2) is 29.7 Å². The summed E-state index contributed by atoms with van der Waals surface area (Å²) in [6.45, 7) is 11.8. The van der Waals surface area contributed by atoms with E-state index >= 15 is 0 Å². The van der Waals surface area contributed by atoms with Crippen molar-refractivity contribution in [2.45, 2.75) is 59.1 Å². The first-order chi connectivity index (χ1) is 17.9. The lowest BCUT2D eigenvalue weighted by Crippen LogP contribution is -2.40. The van der Waals surface area contributed by atoms with Crippen LogP contribution in [0.15, 0.2) is 69.6 Å². The molecular formula is C30H32N2O5S. The molecule has 1 aromatic heterocycles. The third kappa shape index (κ3) is 5.41. The molecular weight excluding hydrogens is 500 g/mol. The van der Waals surface area contributed by atoms with Crippen LogP contribution in [-0.2, 0) is 19.7 Å². The van der Waals surface area contributed by atoms with Gasteiger partial charge in [0.1, 0.15) is 0 Å². The Hall–Kier alpha value is -3.78. The highest BCUT2D eigenvalue weighted by atomic mass is 32.1. The first-order valence-electron chi connectivity index (χ1n) is 12.4. The van der Waals surface area contributed by atoms with E-state index < -0.39 is 18.0 Å². The number of methoxy groups -OCH3 is 1. The Kier molecular flexibility index (Phi) is 7.56. The summed E-state index contributed by atoms with van der Waals surface area (Å²) in [6.07, 6.45) is 1.50. The molecule has 0 amide bonds. The number of esters is 2. The molecule has 0 spiro atoms. The molecule has 38 heavy (non-hydrogen) atoms. The molecule has 0 bridgehead atoms. The van der Waals surface area contributed by atoms with Gasteiger partial charge in [0, 0.05) is 0 Å². The Labute approximate surface area is 225 Å². The van der Waals surface area contributed by atoms with Crippen molar-refractivity contribution < 1.29 is 19.1 Å². The van der Waals surface area contributed by atoms with Crippen molar-refractivity contribution in [3.8, 4) is 0 Å². The Balaban J connectivity index is 1.87. The number of benzene rings is 2. The normalized spacial score (nSPS) is 15.8. The van der Waals surface area contributed by atoms with Crippen LogP contribution in [0.2, 0.25) is 0 Å². The van der Waals surface area contributed by atoms with E-state index in [1.165, 1.54) is 28.6 Å². The van der Waals surface area contributed by atoms with E-state index in [9.17, 15) is 14.4 Å². The Bertz CT molecular complexity index is 1580. The van der Waals surface area contributed by atoms with Gasteiger partial charge in [-0.05, 0) is 61.1 Å². The Morgan fingerprint density at radius 1 is 1.03 bits per heavy atom. The van der Waals surface area contributed by atoms with Gasteiger partial charge in [0.2, 0.25) is 0 Å². The molecule has 0 N–H and O–H groups in total. The summed E-state index contributed by atoms with van der Waals surface area (Å²) in [7, 11) is 1.32. The van der Waals surface area contributed by atoms with Crippen LogP contribution >= 0.6 is 11.3 Å². The molecule has 0 fully saturated rings. The minimum absolute atomic E-state index is 0.0276. The van der Waals surface area contributed by atoms with E-state index in [1.807, 2.05) is 18.2 Å². The van der Waals surface area contributed by atoms with Gasteiger partial charge in [-0.2, -0.15) is 0 Å². The largest absolute Gasteiger partial charge is 0.465 e. The summed E-state index contributed by atoms with van der Waals surface area (Å²) in [5, 5.41) is 0. The Morgan fingerprint density at radius 3 is 2.21 bits per heavy atom. The third-order valence-corrected chi connectivity index (χ3v) is 7.29. The van der Waals surface area contributed by atoms with Crippen molar-refractivity contribution in [1.82, 2.24) is 4.57 Å². The number of aromatic nitrogens is 1. The van der Waals surface area contributed by atoms with E-state index in [-0.39, 0.29) is 22.7 Å². The fourth-order valence-electron chi connectivity index (χ4n) is 4.33. The first kappa shape index (κ1) is 27.3. The van der Waals surface area contributed by atoms with Gasteiger partial charge in [-0.25, -0.2) is 14.6 Å². The van der Waals surface area contributed by atoms with Gasteiger partial charge in [-0.15, -0.1) is 0 Å². The van der Waals surface area contributed by atoms with Gasteiger partial charge in [-0.1, -0.05) is 68.5 Å². The molecule has 3 aromatic rings. The van der Waals surface area contributed by atoms with Crippen LogP contribution < -0.4 is 14.9 Å². The average molecular weight is 533 g/mol. The average Bonchev–Trinajstić information content (AvgIpc) is 3.16. The summed E-state index contributed by atoms with van der Waals surface area (Å²) < 4.78 is 12.4. The SMILES string of the molecule is COC(=O)c1ccc(C2C(C(=O)OC(C)C)=C(C)N=c3sc(=Cc4ccc(C(C)(C)C)cc4)c(=O)n32)cc1. The van der Waals surface area contributed by atoms with Crippen LogP contribution in [0.4, 0.5) is 0 Å². The lowest BCUT2D eigenvalue weighted by molar-refractivity contribution is -0.143. The second-order valence-corrected chi connectivity index (χ2v) is 11.5. The number of carbonyl (C=O) groups excluding carboxylic acids is 2. The second-order valence-electron chi connectivity index (χ2n) is 10.5. The molecule has 0 saturated heterocycles. The summed E-state index contributed by atoms with van der Waals surface area (Å²) in [6, 6.07) is 14.1. The van der Waals surface area contributed by atoms with Crippen molar-refractivity contribution in [3.63, 3.8) is 0 Å². The minimum Gasteiger partial charge on any atom is -0.465 e. The van der Waals surface area contributed by atoms with E-state index in [0.29, 0.717) is 26.2 Å². The summed E-state index contributed by atoms with van der Waals surface area (Å²) in [5.74, 6) is -1.00. The number of hydrogen-bond donors (Lipinski definition) is 0. The van der Waals surface area contributed by atoms with Crippen molar-refractivity contribution in [2.24, 2.45) is 4.99 Å². The minimum atomic E-state index is -0.755. The third-order valence-electron chi connectivity index (χ3n) is 6.31. The number of allylic oxidation sites excluding steroid dienone is 1. The molecule has 2 aromatic carbocycles. The molecule has 0 radical (unpaired) electrons. The number of carbonyl (C=O) groups is 2. The second kappa shape index (κ2) is 10.5. The summed E-state index contributed by atoms with van der Waals surface area (Å²) in [4.78, 5) is 44.1. The number of rotatable bonds is 5. The number of nitrogens with zero attached hydrogens (tertiary/aromatic N) is 2. The maximum atomic E-state index is 13.8. The predicted octanol–water partition coefficient (Wildman–Crippen LogP) is 4.27. The molecule has 0 aliphatic carbocycles. The molecule has 0 saturated carbocycles. The first-order valence-corrected chi connectivity index (χ1v) is 13.2. The Morgan fingerprint density at radius 2 is 1.66 bits per heavy atom. The zero-order valence-electron chi connectivity index (χ0n) is 22.7. The van der Waals surface area contributed by atoms with Gasteiger partial charge < -0.3 is 9.47 Å². The standard InChI is InChI=1S/C30H32N2O5S/c1-17(2)37-28(35)24-18(3)31-29-32(25(24)20-10-12-21(13-11-20)27(34)36-7)26(33)23(38-29)16-19-8-14-22(15-9-19)30(4,5)6/h8-17,25H,1-7H3.